The average molecular weight is 352 g/mol. The molecule has 1 aromatic carbocycles. The minimum atomic E-state index is -1.05. The summed E-state index contributed by atoms with van der Waals surface area (Å²) in [5, 5.41) is 9.52. The summed E-state index contributed by atoms with van der Waals surface area (Å²) in [6.45, 7) is 4.04. The molecule has 1 aliphatic rings. The summed E-state index contributed by atoms with van der Waals surface area (Å²) < 4.78 is 11.7. The summed E-state index contributed by atoms with van der Waals surface area (Å²) in [6.07, 6.45) is 4.02. The minimum Gasteiger partial charge on any atom is -0.478 e. The van der Waals surface area contributed by atoms with Crippen LogP contribution < -0.4 is 5.43 Å². The zero-order valence-electron chi connectivity index (χ0n) is 14.7. The quantitative estimate of drug-likeness (QED) is 0.725. The highest BCUT2D eigenvalue weighted by Gasteiger charge is 2.46. The number of aryl methyl sites for hydroxylation is 1. The summed E-state index contributed by atoms with van der Waals surface area (Å²) in [4.78, 5) is 24.2. The summed E-state index contributed by atoms with van der Waals surface area (Å²) >= 11 is 0. The van der Waals surface area contributed by atoms with Gasteiger partial charge in [0.25, 0.3) is 0 Å². The van der Waals surface area contributed by atoms with E-state index in [1.807, 2.05) is 19.9 Å². The van der Waals surface area contributed by atoms with Gasteiger partial charge in [-0.3, -0.25) is 4.79 Å². The molecule has 1 aliphatic carbocycles. The van der Waals surface area contributed by atoms with Gasteiger partial charge in [-0.2, -0.15) is 0 Å². The molecule has 0 aliphatic heterocycles. The highest BCUT2D eigenvalue weighted by Crippen LogP contribution is 2.56. The fourth-order valence-electron chi connectivity index (χ4n) is 3.71. The largest absolute Gasteiger partial charge is 0.478 e. The van der Waals surface area contributed by atoms with E-state index in [0.717, 1.165) is 29.9 Å². The van der Waals surface area contributed by atoms with E-state index < -0.39 is 5.97 Å². The maximum atomic E-state index is 13.0. The van der Waals surface area contributed by atoms with Crippen LogP contribution in [0.1, 0.15) is 64.6 Å². The highest BCUT2D eigenvalue weighted by molar-refractivity contribution is 5.92. The molecule has 4 rings (SSSR count). The van der Waals surface area contributed by atoms with Crippen molar-refractivity contribution in [2.24, 2.45) is 0 Å². The molecule has 5 nitrogen and oxygen atoms in total. The predicted molar refractivity (Wildman–Crippen MR) is 97.0 cm³/mol. The van der Waals surface area contributed by atoms with E-state index >= 15 is 0 Å². The Bertz CT molecular complexity index is 1060. The third-order valence-electron chi connectivity index (χ3n) is 5.13. The van der Waals surface area contributed by atoms with Crippen LogP contribution in [0.4, 0.5) is 0 Å². The summed E-state index contributed by atoms with van der Waals surface area (Å²) in [6, 6.07) is 6.40. The Balaban J connectivity index is 1.83. The van der Waals surface area contributed by atoms with Crippen molar-refractivity contribution in [2.45, 2.75) is 44.9 Å². The molecule has 5 heteroatoms. The number of fused-ring (bicyclic) bond motifs is 1. The van der Waals surface area contributed by atoms with Crippen LogP contribution in [0.3, 0.4) is 0 Å². The van der Waals surface area contributed by atoms with Gasteiger partial charge >= 0.3 is 5.97 Å². The SMILES string of the molecule is CCCc1c(C2CC2c2occc2C)oc2ccc(C(=O)O)cc2c1=O. The number of furan rings is 1. The molecule has 2 heterocycles. The van der Waals surface area contributed by atoms with Gasteiger partial charge in [0.1, 0.15) is 17.1 Å². The van der Waals surface area contributed by atoms with Gasteiger partial charge < -0.3 is 13.9 Å². The van der Waals surface area contributed by atoms with Crippen LogP contribution in [0.15, 0.2) is 44.2 Å². The second-order valence-electron chi connectivity index (χ2n) is 6.96. The van der Waals surface area contributed by atoms with Crippen molar-refractivity contribution >= 4 is 16.9 Å². The Morgan fingerprint density at radius 1 is 1.23 bits per heavy atom. The van der Waals surface area contributed by atoms with Crippen molar-refractivity contribution in [3.63, 3.8) is 0 Å². The number of carboxylic acid groups (broad SMARTS) is 1. The predicted octanol–water partition coefficient (Wildman–Crippen LogP) is 4.62. The monoisotopic (exact) mass is 352 g/mol. The molecule has 1 saturated carbocycles. The molecule has 2 aromatic heterocycles. The van der Waals surface area contributed by atoms with Gasteiger partial charge in [-0.05, 0) is 49.6 Å². The number of carboxylic acids is 1. The van der Waals surface area contributed by atoms with Crippen molar-refractivity contribution in [3.05, 3.63) is 69.0 Å². The third kappa shape index (κ3) is 2.64. The van der Waals surface area contributed by atoms with Crippen LogP contribution >= 0.6 is 0 Å². The van der Waals surface area contributed by atoms with Crippen molar-refractivity contribution in [3.8, 4) is 0 Å². The molecule has 1 fully saturated rings. The Morgan fingerprint density at radius 3 is 2.65 bits per heavy atom. The zero-order valence-corrected chi connectivity index (χ0v) is 14.7. The highest BCUT2D eigenvalue weighted by atomic mass is 16.4. The number of rotatable bonds is 5. The normalized spacial score (nSPS) is 19.0. The Kier molecular flexibility index (Phi) is 3.94. The lowest BCUT2D eigenvalue weighted by molar-refractivity contribution is 0.0697. The maximum Gasteiger partial charge on any atom is 0.335 e. The smallest absolute Gasteiger partial charge is 0.335 e. The van der Waals surface area contributed by atoms with E-state index in [1.54, 1.807) is 12.3 Å². The molecule has 134 valence electrons. The van der Waals surface area contributed by atoms with Gasteiger partial charge in [-0.25, -0.2) is 4.79 Å². The van der Waals surface area contributed by atoms with E-state index in [0.29, 0.717) is 23.0 Å². The fraction of sp³-hybridized carbons (Fsp3) is 0.333. The minimum absolute atomic E-state index is 0.0931. The van der Waals surface area contributed by atoms with Crippen molar-refractivity contribution < 1.29 is 18.7 Å². The van der Waals surface area contributed by atoms with Crippen LogP contribution in [0, 0.1) is 6.92 Å². The topological polar surface area (TPSA) is 80.7 Å². The van der Waals surface area contributed by atoms with E-state index in [2.05, 4.69) is 0 Å². The molecule has 1 N–H and O–H groups in total. The second kappa shape index (κ2) is 6.16. The maximum absolute atomic E-state index is 13.0. The Hall–Kier alpha value is -2.82. The number of carbonyl (C=O) groups is 1. The average Bonchev–Trinajstić information content (AvgIpc) is 3.29. The molecular formula is C21H20O5. The Labute approximate surface area is 150 Å². The third-order valence-corrected chi connectivity index (χ3v) is 5.13. The van der Waals surface area contributed by atoms with E-state index in [4.69, 9.17) is 8.83 Å². The van der Waals surface area contributed by atoms with E-state index in [9.17, 15) is 14.7 Å². The number of hydrogen-bond acceptors (Lipinski definition) is 4. The molecule has 0 spiro atoms. The first kappa shape index (κ1) is 16.6. The molecule has 26 heavy (non-hydrogen) atoms. The lowest BCUT2D eigenvalue weighted by Gasteiger charge is -2.10. The molecular weight excluding hydrogens is 332 g/mol. The lowest BCUT2D eigenvalue weighted by Crippen LogP contribution is -2.13. The number of aromatic carboxylic acids is 1. The first-order chi connectivity index (χ1) is 12.5. The van der Waals surface area contributed by atoms with Gasteiger partial charge in [0.2, 0.25) is 0 Å². The molecule has 0 saturated heterocycles. The molecule has 0 bridgehead atoms. The van der Waals surface area contributed by atoms with Crippen molar-refractivity contribution in [1.29, 1.82) is 0 Å². The first-order valence-corrected chi connectivity index (χ1v) is 8.88. The summed E-state index contributed by atoms with van der Waals surface area (Å²) in [5.74, 6) is 1.01. The molecule has 2 atom stereocenters. The van der Waals surface area contributed by atoms with Gasteiger partial charge in [0.05, 0.1) is 17.2 Å². The van der Waals surface area contributed by atoms with E-state index in [-0.39, 0.29) is 22.8 Å². The van der Waals surface area contributed by atoms with Gasteiger partial charge in [0.15, 0.2) is 5.43 Å². The van der Waals surface area contributed by atoms with Gasteiger partial charge in [0, 0.05) is 17.4 Å². The summed E-state index contributed by atoms with van der Waals surface area (Å²) in [5.41, 5.74) is 2.20. The Morgan fingerprint density at radius 2 is 2.00 bits per heavy atom. The summed E-state index contributed by atoms with van der Waals surface area (Å²) in [7, 11) is 0. The van der Waals surface area contributed by atoms with Gasteiger partial charge in [-0.1, -0.05) is 13.3 Å². The molecule has 0 amide bonds. The molecule has 2 unspecified atom stereocenters. The van der Waals surface area contributed by atoms with Crippen LogP contribution in [-0.4, -0.2) is 11.1 Å². The van der Waals surface area contributed by atoms with Gasteiger partial charge in [-0.15, -0.1) is 0 Å². The fourth-order valence-corrected chi connectivity index (χ4v) is 3.71. The van der Waals surface area contributed by atoms with Crippen LogP contribution in [-0.2, 0) is 6.42 Å². The number of hydrogen-bond donors (Lipinski definition) is 1. The van der Waals surface area contributed by atoms with Crippen molar-refractivity contribution in [1.82, 2.24) is 0 Å². The zero-order chi connectivity index (χ0) is 18.4. The van der Waals surface area contributed by atoms with Crippen LogP contribution in [0.2, 0.25) is 0 Å². The first-order valence-electron chi connectivity index (χ1n) is 8.88. The molecule has 3 aromatic rings. The number of benzene rings is 1. The molecule has 0 radical (unpaired) electrons. The second-order valence-corrected chi connectivity index (χ2v) is 6.96. The van der Waals surface area contributed by atoms with E-state index in [1.165, 1.54) is 12.1 Å². The van der Waals surface area contributed by atoms with Crippen LogP contribution in [0.5, 0.6) is 0 Å². The lowest BCUT2D eigenvalue weighted by atomic mass is 10.0. The van der Waals surface area contributed by atoms with Crippen molar-refractivity contribution in [2.75, 3.05) is 0 Å². The standard InChI is InChI=1S/C21H20O5/c1-3-4-13-18(22)16-9-12(21(23)24)5-6-17(16)26-20(13)15-10-14(15)19-11(2)7-8-25-19/h5-9,14-15H,3-4,10H2,1-2H3,(H,23,24). The van der Waals surface area contributed by atoms with Crippen LogP contribution in [0.25, 0.3) is 11.0 Å².